The summed E-state index contributed by atoms with van der Waals surface area (Å²) in [6, 6.07) is 15.4. The number of hydrogen-bond acceptors (Lipinski definition) is 5. The van der Waals surface area contributed by atoms with Crippen LogP contribution >= 0.6 is 11.8 Å². The van der Waals surface area contributed by atoms with Crippen LogP contribution in [-0.4, -0.2) is 46.8 Å². The minimum absolute atomic E-state index is 0.00335. The van der Waals surface area contributed by atoms with E-state index in [1.165, 1.54) is 0 Å². The van der Waals surface area contributed by atoms with Crippen molar-refractivity contribution in [2.45, 2.75) is 17.5 Å². The monoisotopic (exact) mass is 408 g/mol. The molecule has 0 N–H and O–H groups in total. The van der Waals surface area contributed by atoms with Crippen molar-refractivity contribution in [1.29, 1.82) is 0 Å². The van der Waals surface area contributed by atoms with E-state index in [2.05, 4.69) is 16.8 Å². The Morgan fingerprint density at radius 3 is 2.55 bits per heavy atom. The van der Waals surface area contributed by atoms with E-state index in [0.717, 1.165) is 33.6 Å². The van der Waals surface area contributed by atoms with Crippen LogP contribution in [0.4, 0.5) is 0 Å². The second-order valence-electron chi connectivity index (χ2n) is 6.59. The second kappa shape index (κ2) is 9.43. The Morgan fingerprint density at radius 2 is 1.90 bits per heavy atom. The Kier molecular flexibility index (Phi) is 6.72. The number of carbonyl (C=O) groups excluding carboxylic acids is 1. The fourth-order valence-corrected chi connectivity index (χ4v) is 3.77. The molecule has 29 heavy (non-hydrogen) atoms. The molecule has 0 atom stereocenters. The van der Waals surface area contributed by atoms with Crippen molar-refractivity contribution in [2.75, 3.05) is 21.2 Å². The number of methoxy groups -OCH3 is 1. The maximum absolute atomic E-state index is 12.0. The van der Waals surface area contributed by atoms with E-state index in [-0.39, 0.29) is 5.91 Å². The van der Waals surface area contributed by atoms with Crippen molar-refractivity contribution >= 4 is 17.7 Å². The quantitative estimate of drug-likeness (QED) is 0.414. The normalized spacial score (nSPS) is 10.6. The molecule has 0 unspecified atom stereocenters. The highest BCUT2D eigenvalue weighted by Crippen LogP contribution is 2.31. The van der Waals surface area contributed by atoms with Gasteiger partial charge in [-0.15, -0.1) is 16.8 Å². The molecular formula is C22H24N4O2S. The summed E-state index contributed by atoms with van der Waals surface area (Å²) in [5.74, 6) is 2.22. The molecule has 0 aliphatic rings. The van der Waals surface area contributed by atoms with Gasteiger partial charge in [0.25, 0.3) is 5.91 Å². The zero-order valence-corrected chi connectivity index (χ0v) is 17.6. The molecule has 0 bridgehead atoms. The van der Waals surface area contributed by atoms with Gasteiger partial charge in [0.05, 0.1) is 12.7 Å². The summed E-state index contributed by atoms with van der Waals surface area (Å²) in [7, 11) is 5.14. The lowest BCUT2D eigenvalue weighted by Crippen LogP contribution is -2.21. The van der Waals surface area contributed by atoms with Crippen molar-refractivity contribution in [1.82, 2.24) is 19.7 Å². The molecule has 1 heterocycles. The van der Waals surface area contributed by atoms with Crippen LogP contribution in [0.5, 0.6) is 5.75 Å². The summed E-state index contributed by atoms with van der Waals surface area (Å²) in [6.45, 7) is 4.46. The van der Waals surface area contributed by atoms with Gasteiger partial charge in [-0.1, -0.05) is 42.1 Å². The zero-order valence-electron chi connectivity index (χ0n) is 16.8. The van der Waals surface area contributed by atoms with Crippen LogP contribution in [0.15, 0.2) is 66.3 Å². The third-order valence-corrected chi connectivity index (χ3v) is 5.39. The molecule has 2 aromatic carbocycles. The standard InChI is InChI=1S/C22H24N4O2S/c1-5-14-26-20(18-8-6-7-9-19(18)28-4)23-24-22(26)29-15-16-10-12-17(13-11-16)21(27)25(2)3/h5-13H,1,14-15H2,2-4H3. The maximum Gasteiger partial charge on any atom is 0.253 e. The summed E-state index contributed by atoms with van der Waals surface area (Å²) in [6.07, 6.45) is 1.83. The number of nitrogens with zero attached hydrogens (tertiary/aromatic N) is 4. The minimum atomic E-state index is -0.00335. The number of hydrogen-bond donors (Lipinski definition) is 0. The molecular weight excluding hydrogens is 384 g/mol. The number of thioether (sulfide) groups is 1. The molecule has 0 saturated heterocycles. The van der Waals surface area contributed by atoms with E-state index in [1.54, 1.807) is 37.9 Å². The third kappa shape index (κ3) is 4.68. The molecule has 6 nitrogen and oxygen atoms in total. The number of allylic oxidation sites excluding steroid dienone is 1. The van der Waals surface area contributed by atoms with Crippen molar-refractivity contribution in [3.8, 4) is 17.1 Å². The summed E-state index contributed by atoms with van der Waals surface area (Å²) < 4.78 is 7.50. The van der Waals surface area contributed by atoms with E-state index in [0.29, 0.717) is 12.1 Å². The van der Waals surface area contributed by atoms with Crippen LogP contribution in [0, 0.1) is 0 Å². The summed E-state index contributed by atoms with van der Waals surface area (Å²) in [5.41, 5.74) is 2.68. The minimum Gasteiger partial charge on any atom is -0.496 e. The average Bonchev–Trinajstić information content (AvgIpc) is 3.14. The third-order valence-electron chi connectivity index (χ3n) is 4.35. The number of amides is 1. The Labute approximate surface area is 175 Å². The van der Waals surface area contributed by atoms with Crippen LogP contribution in [0.25, 0.3) is 11.4 Å². The Morgan fingerprint density at radius 1 is 1.17 bits per heavy atom. The van der Waals surface area contributed by atoms with Crippen LogP contribution in [0.3, 0.4) is 0 Å². The molecule has 0 aliphatic carbocycles. The van der Waals surface area contributed by atoms with E-state index in [9.17, 15) is 4.79 Å². The van der Waals surface area contributed by atoms with Crippen LogP contribution in [0.2, 0.25) is 0 Å². The molecule has 0 radical (unpaired) electrons. The van der Waals surface area contributed by atoms with Crippen molar-refractivity contribution in [3.05, 3.63) is 72.3 Å². The van der Waals surface area contributed by atoms with Gasteiger partial charge in [-0.25, -0.2) is 0 Å². The Balaban J connectivity index is 1.80. The van der Waals surface area contributed by atoms with Gasteiger partial charge in [0.15, 0.2) is 11.0 Å². The zero-order chi connectivity index (χ0) is 20.8. The first-order valence-electron chi connectivity index (χ1n) is 9.16. The smallest absolute Gasteiger partial charge is 0.253 e. The lowest BCUT2D eigenvalue weighted by Gasteiger charge is -2.11. The fraction of sp³-hybridized carbons (Fsp3) is 0.227. The molecule has 3 rings (SSSR count). The van der Waals surface area contributed by atoms with Crippen LogP contribution in [-0.2, 0) is 12.3 Å². The highest BCUT2D eigenvalue weighted by Gasteiger charge is 2.17. The van der Waals surface area contributed by atoms with E-state index < -0.39 is 0 Å². The topological polar surface area (TPSA) is 60.2 Å². The van der Waals surface area contributed by atoms with Crippen molar-refractivity contribution < 1.29 is 9.53 Å². The predicted molar refractivity (Wildman–Crippen MR) is 116 cm³/mol. The maximum atomic E-state index is 12.0. The molecule has 3 aromatic rings. The molecule has 0 aliphatic heterocycles. The first-order valence-corrected chi connectivity index (χ1v) is 10.1. The lowest BCUT2D eigenvalue weighted by atomic mass is 10.1. The van der Waals surface area contributed by atoms with Crippen LogP contribution < -0.4 is 4.74 Å². The van der Waals surface area contributed by atoms with E-state index in [1.807, 2.05) is 59.2 Å². The summed E-state index contributed by atoms with van der Waals surface area (Å²) in [5, 5.41) is 9.58. The largest absolute Gasteiger partial charge is 0.496 e. The molecule has 1 amide bonds. The number of para-hydroxylation sites is 1. The lowest BCUT2D eigenvalue weighted by molar-refractivity contribution is 0.0827. The molecule has 150 valence electrons. The summed E-state index contributed by atoms with van der Waals surface area (Å²) >= 11 is 1.60. The van der Waals surface area contributed by atoms with Gasteiger partial charge in [-0.2, -0.15) is 0 Å². The first-order chi connectivity index (χ1) is 14.0. The highest BCUT2D eigenvalue weighted by atomic mass is 32.2. The van der Waals surface area contributed by atoms with Gasteiger partial charge in [-0.3, -0.25) is 9.36 Å². The predicted octanol–water partition coefficient (Wildman–Crippen LogP) is 4.13. The van der Waals surface area contributed by atoms with Crippen LogP contribution in [0.1, 0.15) is 15.9 Å². The average molecular weight is 409 g/mol. The SMILES string of the molecule is C=CCn1c(SCc2ccc(C(=O)N(C)C)cc2)nnc1-c1ccccc1OC. The van der Waals surface area contributed by atoms with E-state index in [4.69, 9.17) is 4.74 Å². The molecule has 0 saturated carbocycles. The van der Waals surface area contributed by atoms with Gasteiger partial charge < -0.3 is 9.64 Å². The highest BCUT2D eigenvalue weighted by molar-refractivity contribution is 7.98. The Bertz CT molecular complexity index is 996. The molecule has 7 heteroatoms. The number of ether oxygens (including phenoxy) is 1. The van der Waals surface area contributed by atoms with Gasteiger partial charge in [0, 0.05) is 32.0 Å². The second-order valence-corrected chi connectivity index (χ2v) is 7.53. The van der Waals surface area contributed by atoms with Gasteiger partial charge in [0.2, 0.25) is 0 Å². The van der Waals surface area contributed by atoms with Gasteiger partial charge in [-0.05, 0) is 29.8 Å². The van der Waals surface area contributed by atoms with E-state index >= 15 is 0 Å². The number of benzene rings is 2. The molecule has 1 aromatic heterocycles. The fourth-order valence-electron chi connectivity index (χ4n) is 2.87. The summed E-state index contributed by atoms with van der Waals surface area (Å²) in [4.78, 5) is 13.6. The number of carbonyl (C=O) groups is 1. The Hall–Kier alpha value is -3.06. The number of rotatable bonds is 8. The van der Waals surface area contributed by atoms with Gasteiger partial charge in [0.1, 0.15) is 5.75 Å². The molecule has 0 spiro atoms. The van der Waals surface area contributed by atoms with Crippen molar-refractivity contribution in [3.63, 3.8) is 0 Å². The molecule has 0 fully saturated rings. The van der Waals surface area contributed by atoms with Crippen molar-refractivity contribution in [2.24, 2.45) is 0 Å². The number of aromatic nitrogens is 3. The first kappa shape index (κ1) is 20.7. The van der Waals surface area contributed by atoms with Gasteiger partial charge >= 0.3 is 0 Å².